The standard InChI is InChI=1S/C11H21NO2/c1-8(11(13)14-4)7-12(3)9(2)10-5-6-10/h8-10H,5-7H2,1-4H3. The van der Waals surface area contributed by atoms with E-state index >= 15 is 0 Å². The first-order valence-electron chi connectivity index (χ1n) is 5.34. The van der Waals surface area contributed by atoms with Gasteiger partial charge in [-0.1, -0.05) is 6.92 Å². The Morgan fingerprint density at radius 3 is 2.50 bits per heavy atom. The van der Waals surface area contributed by atoms with Crippen molar-refractivity contribution in [2.75, 3.05) is 20.7 Å². The molecule has 3 heteroatoms. The summed E-state index contributed by atoms with van der Waals surface area (Å²) in [6, 6.07) is 0.599. The molecule has 1 aliphatic rings. The van der Waals surface area contributed by atoms with E-state index in [-0.39, 0.29) is 11.9 Å². The summed E-state index contributed by atoms with van der Waals surface area (Å²) < 4.78 is 4.70. The maximum atomic E-state index is 11.2. The summed E-state index contributed by atoms with van der Waals surface area (Å²) in [6.07, 6.45) is 2.69. The van der Waals surface area contributed by atoms with Gasteiger partial charge in [-0.25, -0.2) is 0 Å². The zero-order valence-electron chi connectivity index (χ0n) is 9.62. The van der Waals surface area contributed by atoms with E-state index in [9.17, 15) is 4.79 Å². The smallest absolute Gasteiger partial charge is 0.309 e. The second kappa shape index (κ2) is 4.78. The Bertz CT molecular complexity index is 201. The highest BCUT2D eigenvalue weighted by Crippen LogP contribution is 2.34. The van der Waals surface area contributed by atoms with Crippen molar-refractivity contribution < 1.29 is 9.53 Å². The second-order valence-corrected chi connectivity index (χ2v) is 4.44. The summed E-state index contributed by atoms with van der Waals surface area (Å²) in [4.78, 5) is 13.5. The lowest BCUT2D eigenvalue weighted by Gasteiger charge is -2.26. The maximum absolute atomic E-state index is 11.2. The Balaban J connectivity index is 2.31. The van der Waals surface area contributed by atoms with Crippen LogP contribution in [0.25, 0.3) is 0 Å². The number of methoxy groups -OCH3 is 1. The molecule has 2 unspecified atom stereocenters. The summed E-state index contributed by atoms with van der Waals surface area (Å²) in [5, 5.41) is 0. The molecule has 3 nitrogen and oxygen atoms in total. The van der Waals surface area contributed by atoms with Crippen molar-refractivity contribution in [1.29, 1.82) is 0 Å². The lowest BCUT2D eigenvalue weighted by Crippen LogP contribution is -2.36. The lowest BCUT2D eigenvalue weighted by molar-refractivity contribution is -0.145. The van der Waals surface area contributed by atoms with Gasteiger partial charge in [-0.3, -0.25) is 4.79 Å². The van der Waals surface area contributed by atoms with Gasteiger partial charge in [-0.2, -0.15) is 0 Å². The van der Waals surface area contributed by atoms with Crippen molar-refractivity contribution in [3.8, 4) is 0 Å². The molecule has 82 valence electrons. The quantitative estimate of drug-likeness (QED) is 0.629. The summed E-state index contributed by atoms with van der Waals surface area (Å²) >= 11 is 0. The van der Waals surface area contributed by atoms with E-state index in [4.69, 9.17) is 4.74 Å². The van der Waals surface area contributed by atoms with Crippen LogP contribution in [0.4, 0.5) is 0 Å². The SMILES string of the molecule is COC(=O)C(C)CN(C)C(C)C1CC1. The van der Waals surface area contributed by atoms with Crippen LogP contribution in [0.2, 0.25) is 0 Å². The average Bonchev–Trinajstić information content (AvgIpc) is 2.98. The van der Waals surface area contributed by atoms with Crippen molar-refractivity contribution in [2.24, 2.45) is 11.8 Å². The van der Waals surface area contributed by atoms with E-state index in [2.05, 4.69) is 18.9 Å². The molecular formula is C11H21NO2. The number of carbonyl (C=O) groups excluding carboxylic acids is 1. The minimum Gasteiger partial charge on any atom is -0.469 e. The molecule has 0 radical (unpaired) electrons. The Morgan fingerprint density at radius 1 is 1.50 bits per heavy atom. The molecule has 2 atom stereocenters. The van der Waals surface area contributed by atoms with E-state index in [0.29, 0.717) is 6.04 Å². The van der Waals surface area contributed by atoms with Crippen LogP contribution < -0.4 is 0 Å². The zero-order valence-corrected chi connectivity index (χ0v) is 9.62. The van der Waals surface area contributed by atoms with Crippen molar-refractivity contribution >= 4 is 5.97 Å². The van der Waals surface area contributed by atoms with Crippen molar-refractivity contribution in [2.45, 2.75) is 32.7 Å². The highest BCUT2D eigenvalue weighted by Gasteiger charge is 2.31. The summed E-state index contributed by atoms with van der Waals surface area (Å²) in [6.45, 7) is 4.95. The van der Waals surface area contributed by atoms with Crippen LogP contribution in [-0.4, -0.2) is 37.6 Å². The third kappa shape index (κ3) is 2.98. The Morgan fingerprint density at radius 2 is 2.07 bits per heavy atom. The van der Waals surface area contributed by atoms with Crippen LogP contribution in [0.1, 0.15) is 26.7 Å². The molecule has 0 heterocycles. The molecule has 1 aliphatic carbocycles. The van der Waals surface area contributed by atoms with Crippen LogP contribution in [0.5, 0.6) is 0 Å². The number of ether oxygens (including phenoxy) is 1. The van der Waals surface area contributed by atoms with Gasteiger partial charge in [0.25, 0.3) is 0 Å². The lowest BCUT2D eigenvalue weighted by atomic mass is 10.1. The molecule has 0 aromatic carbocycles. The van der Waals surface area contributed by atoms with E-state index in [1.165, 1.54) is 20.0 Å². The molecule has 0 bridgehead atoms. The number of carbonyl (C=O) groups is 1. The molecule has 1 saturated carbocycles. The summed E-state index contributed by atoms with van der Waals surface area (Å²) in [7, 11) is 3.53. The summed E-state index contributed by atoms with van der Waals surface area (Å²) in [5.74, 6) is 0.718. The minimum absolute atomic E-state index is 0.0220. The van der Waals surface area contributed by atoms with Gasteiger partial charge in [0.1, 0.15) is 0 Å². The molecular weight excluding hydrogens is 178 g/mol. The van der Waals surface area contributed by atoms with Gasteiger partial charge < -0.3 is 9.64 Å². The third-order valence-corrected chi connectivity index (χ3v) is 3.16. The van der Waals surface area contributed by atoms with E-state index in [0.717, 1.165) is 12.5 Å². The van der Waals surface area contributed by atoms with E-state index < -0.39 is 0 Å². The molecule has 1 fully saturated rings. The second-order valence-electron chi connectivity index (χ2n) is 4.44. The molecule has 0 aromatic rings. The molecule has 0 aromatic heterocycles. The third-order valence-electron chi connectivity index (χ3n) is 3.16. The van der Waals surface area contributed by atoms with Gasteiger partial charge in [0.05, 0.1) is 13.0 Å². The Kier molecular flexibility index (Phi) is 3.93. The number of hydrogen-bond donors (Lipinski definition) is 0. The van der Waals surface area contributed by atoms with Crippen molar-refractivity contribution in [3.05, 3.63) is 0 Å². The molecule has 14 heavy (non-hydrogen) atoms. The molecule has 0 aliphatic heterocycles. The fourth-order valence-electron chi connectivity index (χ4n) is 1.81. The van der Waals surface area contributed by atoms with Crippen molar-refractivity contribution in [3.63, 3.8) is 0 Å². The first kappa shape index (κ1) is 11.5. The first-order chi connectivity index (χ1) is 6.56. The van der Waals surface area contributed by atoms with Gasteiger partial charge in [-0.05, 0) is 32.7 Å². The average molecular weight is 199 g/mol. The van der Waals surface area contributed by atoms with Crippen LogP contribution in [-0.2, 0) is 9.53 Å². The number of esters is 1. The fourth-order valence-corrected chi connectivity index (χ4v) is 1.81. The van der Waals surface area contributed by atoms with Crippen LogP contribution in [0.15, 0.2) is 0 Å². The summed E-state index contributed by atoms with van der Waals surface area (Å²) in [5.41, 5.74) is 0. The number of hydrogen-bond acceptors (Lipinski definition) is 3. The molecule has 1 rings (SSSR count). The van der Waals surface area contributed by atoms with Crippen molar-refractivity contribution in [1.82, 2.24) is 4.90 Å². The van der Waals surface area contributed by atoms with E-state index in [1.807, 2.05) is 6.92 Å². The molecule has 0 saturated heterocycles. The maximum Gasteiger partial charge on any atom is 0.309 e. The highest BCUT2D eigenvalue weighted by atomic mass is 16.5. The van der Waals surface area contributed by atoms with Gasteiger partial charge in [0.15, 0.2) is 0 Å². The zero-order chi connectivity index (χ0) is 10.7. The van der Waals surface area contributed by atoms with Crippen LogP contribution in [0, 0.1) is 11.8 Å². The largest absolute Gasteiger partial charge is 0.469 e. The first-order valence-corrected chi connectivity index (χ1v) is 5.34. The molecule has 0 spiro atoms. The van der Waals surface area contributed by atoms with Crippen LogP contribution in [0.3, 0.4) is 0 Å². The Hall–Kier alpha value is -0.570. The van der Waals surface area contributed by atoms with Gasteiger partial charge in [0.2, 0.25) is 0 Å². The monoisotopic (exact) mass is 199 g/mol. The predicted octanol–water partition coefficient (Wildman–Crippen LogP) is 1.53. The minimum atomic E-state index is -0.111. The van der Waals surface area contributed by atoms with Crippen LogP contribution >= 0.6 is 0 Å². The topological polar surface area (TPSA) is 29.5 Å². The van der Waals surface area contributed by atoms with Gasteiger partial charge in [0, 0.05) is 12.6 Å². The molecule has 0 N–H and O–H groups in total. The Labute approximate surface area is 86.4 Å². The van der Waals surface area contributed by atoms with Gasteiger partial charge in [-0.15, -0.1) is 0 Å². The highest BCUT2D eigenvalue weighted by molar-refractivity contribution is 5.72. The number of nitrogens with zero attached hydrogens (tertiary/aromatic N) is 1. The normalized spacial score (nSPS) is 20.6. The predicted molar refractivity (Wildman–Crippen MR) is 56.0 cm³/mol. The fraction of sp³-hybridized carbons (Fsp3) is 0.909. The van der Waals surface area contributed by atoms with Gasteiger partial charge >= 0.3 is 5.97 Å². The molecule has 0 amide bonds. The number of rotatable bonds is 5. The van der Waals surface area contributed by atoms with E-state index in [1.54, 1.807) is 0 Å².